The molecule has 0 spiro atoms. The van der Waals surface area contributed by atoms with Crippen LogP contribution in [0.5, 0.6) is 5.75 Å². The number of rotatable bonds is 4. The summed E-state index contributed by atoms with van der Waals surface area (Å²) in [7, 11) is 1.84. The van der Waals surface area contributed by atoms with Crippen molar-refractivity contribution < 1.29 is 9.53 Å². The number of hydrogen-bond acceptors (Lipinski definition) is 4. The molecule has 0 N–H and O–H groups in total. The molecule has 88 valence electrons. The van der Waals surface area contributed by atoms with Gasteiger partial charge < -0.3 is 4.74 Å². The molecule has 0 aliphatic heterocycles. The fourth-order valence-electron chi connectivity index (χ4n) is 1.48. The second kappa shape index (κ2) is 4.78. The molecule has 0 aromatic carbocycles. The van der Waals surface area contributed by atoms with E-state index in [-0.39, 0.29) is 0 Å². The quantitative estimate of drug-likeness (QED) is 0.748. The number of hydrogen-bond donors (Lipinski definition) is 0. The molecule has 0 bridgehead atoms. The predicted octanol–water partition coefficient (Wildman–Crippen LogP) is 1.52. The average Bonchev–Trinajstić information content (AvgIpc) is 2.73. The first-order valence-electron chi connectivity index (χ1n) is 5.22. The van der Waals surface area contributed by atoms with Crippen molar-refractivity contribution in [3.05, 3.63) is 41.5 Å². The predicted molar refractivity (Wildman–Crippen MR) is 61.9 cm³/mol. The van der Waals surface area contributed by atoms with E-state index in [1.54, 1.807) is 16.9 Å². The van der Waals surface area contributed by atoms with Gasteiger partial charge in [-0.2, -0.15) is 5.10 Å². The van der Waals surface area contributed by atoms with Crippen molar-refractivity contribution >= 4 is 6.29 Å². The second-order valence-corrected chi connectivity index (χ2v) is 3.76. The summed E-state index contributed by atoms with van der Waals surface area (Å²) in [5.74, 6) is 0.495. The third-order valence-electron chi connectivity index (χ3n) is 2.29. The van der Waals surface area contributed by atoms with Crippen LogP contribution >= 0.6 is 0 Å². The molecule has 0 saturated carbocycles. The van der Waals surface area contributed by atoms with Crippen molar-refractivity contribution in [2.45, 2.75) is 13.5 Å². The third kappa shape index (κ3) is 2.69. The molecule has 0 atom stereocenters. The summed E-state index contributed by atoms with van der Waals surface area (Å²) in [4.78, 5) is 14.9. The Balaban J connectivity index is 2.11. The minimum absolute atomic E-state index is 0.328. The van der Waals surface area contributed by atoms with Crippen LogP contribution in [0.3, 0.4) is 0 Å². The van der Waals surface area contributed by atoms with Crippen molar-refractivity contribution in [1.82, 2.24) is 14.8 Å². The van der Waals surface area contributed by atoms with Gasteiger partial charge in [-0.15, -0.1) is 0 Å². The number of aromatic nitrogens is 3. The molecule has 0 saturated heterocycles. The molecule has 2 heterocycles. The van der Waals surface area contributed by atoms with Crippen LogP contribution in [0, 0.1) is 6.92 Å². The standard InChI is InChI=1S/C12H13N3O2/c1-9-3-4-12(11(7-16)14-9)17-8-10-5-13-15(2)6-10/h3-7H,8H2,1-2H3. The number of pyridine rings is 1. The number of carbonyl (C=O) groups is 1. The summed E-state index contributed by atoms with van der Waals surface area (Å²) in [5.41, 5.74) is 2.07. The van der Waals surface area contributed by atoms with Crippen LogP contribution in [0.1, 0.15) is 21.7 Å². The van der Waals surface area contributed by atoms with E-state index in [4.69, 9.17) is 4.74 Å². The van der Waals surface area contributed by atoms with Crippen LogP contribution in [0.25, 0.3) is 0 Å². The smallest absolute Gasteiger partial charge is 0.172 e. The van der Waals surface area contributed by atoms with E-state index in [9.17, 15) is 4.79 Å². The molecule has 0 aliphatic rings. The molecule has 5 nitrogen and oxygen atoms in total. The first kappa shape index (κ1) is 11.3. The molecular formula is C12H13N3O2. The minimum atomic E-state index is 0.328. The van der Waals surface area contributed by atoms with Gasteiger partial charge in [-0.1, -0.05) is 0 Å². The Labute approximate surface area is 99.1 Å². The van der Waals surface area contributed by atoms with Crippen molar-refractivity contribution in [3.8, 4) is 5.75 Å². The summed E-state index contributed by atoms with van der Waals surface area (Å²) in [6.07, 6.45) is 4.29. The lowest BCUT2D eigenvalue weighted by atomic mass is 10.3. The lowest BCUT2D eigenvalue weighted by molar-refractivity contribution is 0.111. The van der Waals surface area contributed by atoms with Crippen molar-refractivity contribution in [3.63, 3.8) is 0 Å². The Morgan fingerprint density at radius 3 is 2.94 bits per heavy atom. The number of ether oxygens (including phenoxy) is 1. The van der Waals surface area contributed by atoms with E-state index < -0.39 is 0 Å². The minimum Gasteiger partial charge on any atom is -0.486 e. The zero-order valence-corrected chi connectivity index (χ0v) is 9.75. The van der Waals surface area contributed by atoms with Crippen LogP contribution in [0.15, 0.2) is 24.5 Å². The molecule has 2 aromatic rings. The molecular weight excluding hydrogens is 218 g/mol. The molecule has 0 aliphatic carbocycles. The lowest BCUT2D eigenvalue weighted by Gasteiger charge is -2.06. The highest BCUT2D eigenvalue weighted by Crippen LogP contribution is 2.16. The molecule has 2 rings (SSSR count). The van der Waals surface area contributed by atoms with Crippen LogP contribution in [0.4, 0.5) is 0 Å². The monoisotopic (exact) mass is 231 g/mol. The Hall–Kier alpha value is -2.17. The van der Waals surface area contributed by atoms with Gasteiger partial charge in [0.05, 0.1) is 6.20 Å². The maximum absolute atomic E-state index is 10.8. The largest absolute Gasteiger partial charge is 0.486 e. The molecule has 0 amide bonds. The Kier molecular flexibility index (Phi) is 3.18. The average molecular weight is 231 g/mol. The highest BCUT2D eigenvalue weighted by molar-refractivity contribution is 5.76. The van der Waals surface area contributed by atoms with E-state index in [0.717, 1.165) is 11.3 Å². The molecule has 0 unspecified atom stereocenters. The lowest BCUT2D eigenvalue weighted by Crippen LogP contribution is -2.00. The van der Waals surface area contributed by atoms with E-state index in [1.165, 1.54) is 0 Å². The summed E-state index contributed by atoms with van der Waals surface area (Å²) in [5, 5.41) is 4.04. The van der Waals surface area contributed by atoms with Gasteiger partial charge in [-0.25, -0.2) is 4.98 Å². The highest BCUT2D eigenvalue weighted by Gasteiger charge is 2.05. The number of aldehydes is 1. The maximum Gasteiger partial charge on any atom is 0.172 e. The maximum atomic E-state index is 10.8. The number of aryl methyl sites for hydroxylation is 2. The van der Waals surface area contributed by atoms with Crippen molar-refractivity contribution in [2.75, 3.05) is 0 Å². The van der Waals surface area contributed by atoms with Crippen LogP contribution in [-0.4, -0.2) is 21.1 Å². The summed E-state index contributed by atoms with van der Waals surface area (Å²) in [6.45, 7) is 2.21. The molecule has 0 radical (unpaired) electrons. The van der Waals surface area contributed by atoms with Gasteiger partial charge in [0.2, 0.25) is 0 Å². The van der Waals surface area contributed by atoms with Gasteiger partial charge >= 0.3 is 0 Å². The Morgan fingerprint density at radius 2 is 2.29 bits per heavy atom. The van der Waals surface area contributed by atoms with E-state index in [1.807, 2.05) is 26.2 Å². The SMILES string of the molecule is Cc1ccc(OCc2cnn(C)c2)c(C=O)n1. The van der Waals surface area contributed by atoms with Gasteiger partial charge in [-0.05, 0) is 19.1 Å². The van der Waals surface area contributed by atoms with Crippen molar-refractivity contribution in [2.24, 2.45) is 7.05 Å². The zero-order valence-electron chi connectivity index (χ0n) is 9.75. The van der Waals surface area contributed by atoms with Gasteiger partial charge in [0, 0.05) is 24.5 Å². The van der Waals surface area contributed by atoms with Crippen LogP contribution < -0.4 is 4.74 Å². The third-order valence-corrected chi connectivity index (χ3v) is 2.29. The highest BCUT2D eigenvalue weighted by atomic mass is 16.5. The van der Waals surface area contributed by atoms with Gasteiger partial charge in [-0.3, -0.25) is 9.48 Å². The summed E-state index contributed by atoms with van der Waals surface area (Å²) >= 11 is 0. The Bertz CT molecular complexity index is 534. The summed E-state index contributed by atoms with van der Waals surface area (Å²) in [6, 6.07) is 3.56. The van der Waals surface area contributed by atoms with E-state index >= 15 is 0 Å². The number of carbonyl (C=O) groups excluding carboxylic acids is 1. The second-order valence-electron chi connectivity index (χ2n) is 3.76. The van der Waals surface area contributed by atoms with E-state index in [0.29, 0.717) is 24.3 Å². The van der Waals surface area contributed by atoms with Crippen LogP contribution in [-0.2, 0) is 13.7 Å². The molecule has 17 heavy (non-hydrogen) atoms. The topological polar surface area (TPSA) is 57.0 Å². The van der Waals surface area contributed by atoms with Gasteiger partial charge in [0.1, 0.15) is 18.1 Å². The molecule has 0 fully saturated rings. The van der Waals surface area contributed by atoms with Crippen LogP contribution in [0.2, 0.25) is 0 Å². The summed E-state index contributed by atoms with van der Waals surface area (Å²) < 4.78 is 7.24. The first-order chi connectivity index (χ1) is 8.19. The van der Waals surface area contributed by atoms with Gasteiger partial charge in [0.15, 0.2) is 6.29 Å². The van der Waals surface area contributed by atoms with Crippen molar-refractivity contribution in [1.29, 1.82) is 0 Å². The Morgan fingerprint density at radius 1 is 1.47 bits per heavy atom. The first-order valence-corrected chi connectivity index (χ1v) is 5.22. The zero-order chi connectivity index (χ0) is 12.3. The van der Waals surface area contributed by atoms with Gasteiger partial charge in [0.25, 0.3) is 0 Å². The fourth-order valence-corrected chi connectivity index (χ4v) is 1.48. The number of nitrogens with zero attached hydrogens (tertiary/aromatic N) is 3. The molecule has 2 aromatic heterocycles. The fraction of sp³-hybridized carbons (Fsp3) is 0.250. The molecule has 5 heteroatoms. The normalized spacial score (nSPS) is 10.2. The van der Waals surface area contributed by atoms with E-state index in [2.05, 4.69) is 10.1 Å².